The molecule has 0 saturated heterocycles. The number of benzene rings is 1. The van der Waals surface area contributed by atoms with Crippen LogP contribution in [0.3, 0.4) is 0 Å². The van der Waals surface area contributed by atoms with Crippen LogP contribution in [0.15, 0.2) is 24.3 Å². The topological polar surface area (TPSA) is 77.8 Å². The maximum absolute atomic E-state index is 11.7. The smallest absolute Gasteiger partial charge is 0.191 e. The van der Waals surface area contributed by atoms with E-state index in [0.717, 1.165) is 5.56 Å². The summed E-state index contributed by atoms with van der Waals surface area (Å²) in [6, 6.07) is 6.95. The van der Waals surface area contributed by atoms with Gasteiger partial charge >= 0.3 is 0 Å². The summed E-state index contributed by atoms with van der Waals surface area (Å²) in [5.41, 5.74) is 1.49. The number of hydrogen-bond donors (Lipinski definition) is 3. The van der Waals surface area contributed by atoms with E-state index in [9.17, 15) is 9.90 Å². The summed E-state index contributed by atoms with van der Waals surface area (Å²) < 4.78 is 0. The predicted molar refractivity (Wildman–Crippen MR) is 63.7 cm³/mol. The number of ketones is 1. The van der Waals surface area contributed by atoms with E-state index in [1.165, 1.54) is 0 Å². The lowest BCUT2D eigenvalue weighted by Crippen LogP contribution is -2.25. The van der Waals surface area contributed by atoms with Gasteiger partial charge in [0.25, 0.3) is 0 Å². The molecule has 0 spiro atoms. The van der Waals surface area contributed by atoms with Gasteiger partial charge in [0.05, 0.1) is 0 Å². The van der Waals surface area contributed by atoms with Gasteiger partial charge in [0, 0.05) is 12.0 Å². The van der Waals surface area contributed by atoms with Crippen molar-refractivity contribution in [3.05, 3.63) is 35.4 Å². The van der Waals surface area contributed by atoms with Crippen LogP contribution in [-0.2, 0) is 0 Å². The van der Waals surface area contributed by atoms with Crippen LogP contribution >= 0.6 is 0 Å². The van der Waals surface area contributed by atoms with Crippen LogP contribution < -0.4 is 0 Å². The van der Waals surface area contributed by atoms with Crippen molar-refractivity contribution in [3.63, 3.8) is 0 Å². The Morgan fingerprint density at radius 1 is 1.12 bits per heavy atom. The van der Waals surface area contributed by atoms with E-state index in [2.05, 4.69) is 0 Å². The van der Waals surface area contributed by atoms with Crippen LogP contribution in [0.1, 0.15) is 42.1 Å². The summed E-state index contributed by atoms with van der Waals surface area (Å²) in [5.74, 6) is -0.114. The van der Waals surface area contributed by atoms with E-state index in [1.807, 2.05) is 26.0 Å². The molecule has 4 nitrogen and oxygen atoms in total. The molecule has 1 atom stereocenters. The molecule has 1 aromatic rings. The third-order valence-electron chi connectivity index (χ3n) is 2.60. The Kier molecular flexibility index (Phi) is 4.81. The largest absolute Gasteiger partial charge is 0.385 e. The van der Waals surface area contributed by atoms with E-state index >= 15 is 0 Å². The minimum Gasteiger partial charge on any atom is -0.385 e. The normalized spacial score (nSPS) is 13.1. The summed E-state index contributed by atoms with van der Waals surface area (Å²) in [4.78, 5) is 11.7. The zero-order valence-electron chi connectivity index (χ0n) is 10.00. The summed E-state index contributed by atoms with van der Waals surface area (Å²) in [5, 5.41) is 26.8. The number of aliphatic hydroxyl groups excluding tert-OH is 2. The zero-order chi connectivity index (χ0) is 13.0. The lowest BCUT2D eigenvalue weighted by Gasteiger charge is -2.11. The Balaban J connectivity index is 2.76. The Bertz CT molecular complexity index is 368. The molecule has 0 saturated carbocycles. The maximum Gasteiger partial charge on any atom is 0.191 e. The van der Waals surface area contributed by atoms with Gasteiger partial charge in [-0.15, -0.1) is 0 Å². The molecule has 1 rings (SSSR count). The third-order valence-corrected chi connectivity index (χ3v) is 2.60. The van der Waals surface area contributed by atoms with Crippen LogP contribution in [-0.4, -0.2) is 33.5 Å². The molecule has 0 heterocycles. The van der Waals surface area contributed by atoms with E-state index in [0.29, 0.717) is 11.5 Å². The Morgan fingerprint density at radius 2 is 1.65 bits per heavy atom. The van der Waals surface area contributed by atoms with Gasteiger partial charge in [-0.1, -0.05) is 38.1 Å². The number of aliphatic hydroxyl groups is 3. The van der Waals surface area contributed by atoms with Gasteiger partial charge in [-0.25, -0.2) is 0 Å². The Labute approximate surface area is 101 Å². The van der Waals surface area contributed by atoms with Gasteiger partial charge in [-0.3, -0.25) is 4.79 Å². The van der Waals surface area contributed by atoms with E-state index in [4.69, 9.17) is 10.2 Å². The molecule has 0 fully saturated rings. The zero-order valence-corrected chi connectivity index (χ0v) is 10.00. The minimum atomic E-state index is -1.68. The first-order chi connectivity index (χ1) is 7.91. The van der Waals surface area contributed by atoms with Gasteiger partial charge in [0.1, 0.15) is 6.10 Å². The summed E-state index contributed by atoms with van der Waals surface area (Å²) in [6.45, 7) is 4.10. The maximum atomic E-state index is 11.7. The number of Topliss-reactive ketones (excluding diaryl/α,β-unsaturated/α-hetero) is 1. The molecule has 0 radical (unpaired) electrons. The molecule has 0 aliphatic heterocycles. The number of carbonyl (C=O) groups excluding carboxylic acids is 1. The molecule has 17 heavy (non-hydrogen) atoms. The molecular formula is C13H18O4. The van der Waals surface area contributed by atoms with Gasteiger partial charge < -0.3 is 15.3 Å². The summed E-state index contributed by atoms with van der Waals surface area (Å²) in [7, 11) is 0. The van der Waals surface area contributed by atoms with Crippen molar-refractivity contribution < 1.29 is 20.1 Å². The molecule has 0 aliphatic rings. The SMILES string of the molecule is CC(C)c1ccc(C(=O)C(O)CC(O)O)cc1. The second kappa shape index (κ2) is 5.91. The lowest BCUT2D eigenvalue weighted by atomic mass is 9.98. The van der Waals surface area contributed by atoms with Crippen molar-refractivity contribution in [3.8, 4) is 0 Å². The molecule has 1 aromatic carbocycles. The highest BCUT2D eigenvalue weighted by Gasteiger charge is 2.19. The molecule has 0 aromatic heterocycles. The van der Waals surface area contributed by atoms with Crippen LogP contribution in [0, 0.1) is 0 Å². The number of rotatable bonds is 5. The highest BCUT2D eigenvalue weighted by Crippen LogP contribution is 2.16. The van der Waals surface area contributed by atoms with Crippen molar-refractivity contribution in [1.29, 1.82) is 0 Å². The second-order valence-corrected chi connectivity index (χ2v) is 4.37. The summed E-state index contributed by atoms with van der Waals surface area (Å²) in [6.07, 6.45) is -3.42. The third kappa shape index (κ3) is 3.93. The average Bonchev–Trinajstić information content (AvgIpc) is 2.27. The van der Waals surface area contributed by atoms with Gasteiger partial charge in [0.15, 0.2) is 12.1 Å². The number of hydrogen-bond acceptors (Lipinski definition) is 4. The van der Waals surface area contributed by atoms with Crippen LogP contribution in [0.4, 0.5) is 0 Å². The highest BCUT2D eigenvalue weighted by molar-refractivity contribution is 5.99. The monoisotopic (exact) mass is 238 g/mol. The molecule has 0 bridgehead atoms. The summed E-state index contributed by atoms with van der Waals surface area (Å²) >= 11 is 0. The fourth-order valence-electron chi connectivity index (χ4n) is 1.53. The van der Waals surface area contributed by atoms with Crippen molar-refractivity contribution in [2.24, 2.45) is 0 Å². The molecule has 1 unspecified atom stereocenters. The van der Waals surface area contributed by atoms with Crippen LogP contribution in [0.2, 0.25) is 0 Å². The molecule has 3 N–H and O–H groups in total. The van der Waals surface area contributed by atoms with Crippen molar-refractivity contribution >= 4 is 5.78 Å². The fourth-order valence-corrected chi connectivity index (χ4v) is 1.53. The van der Waals surface area contributed by atoms with Crippen LogP contribution in [0.5, 0.6) is 0 Å². The van der Waals surface area contributed by atoms with Crippen LogP contribution in [0.25, 0.3) is 0 Å². The number of carbonyl (C=O) groups is 1. The fraction of sp³-hybridized carbons (Fsp3) is 0.462. The van der Waals surface area contributed by atoms with Gasteiger partial charge in [0.2, 0.25) is 0 Å². The first-order valence-electron chi connectivity index (χ1n) is 5.60. The highest BCUT2D eigenvalue weighted by atomic mass is 16.5. The lowest BCUT2D eigenvalue weighted by molar-refractivity contribution is -0.0646. The molecule has 4 heteroatoms. The average molecular weight is 238 g/mol. The second-order valence-electron chi connectivity index (χ2n) is 4.37. The van der Waals surface area contributed by atoms with Crippen molar-refractivity contribution in [1.82, 2.24) is 0 Å². The van der Waals surface area contributed by atoms with Gasteiger partial charge in [-0.2, -0.15) is 0 Å². The molecule has 0 amide bonds. The Morgan fingerprint density at radius 3 is 2.06 bits per heavy atom. The molecule has 94 valence electrons. The van der Waals surface area contributed by atoms with Crippen molar-refractivity contribution in [2.45, 2.75) is 38.6 Å². The first-order valence-corrected chi connectivity index (χ1v) is 5.60. The molecular weight excluding hydrogens is 220 g/mol. The molecule has 0 aliphatic carbocycles. The van der Waals surface area contributed by atoms with E-state index in [1.54, 1.807) is 12.1 Å². The predicted octanol–water partition coefficient (Wildman–Crippen LogP) is 1.05. The standard InChI is InChI=1S/C13H18O4/c1-8(2)9-3-5-10(6-4-9)13(17)11(14)7-12(15)16/h3-6,8,11-12,14-16H,7H2,1-2H3. The first kappa shape index (κ1) is 13.8. The quantitative estimate of drug-likeness (QED) is 0.529. The Hall–Kier alpha value is -1.23. The minimum absolute atomic E-state index is 0.370. The van der Waals surface area contributed by atoms with E-state index in [-0.39, 0.29) is 6.42 Å². The van der Waals surface area contributed by atoms with Crippen molar-refractivity contribution in [2.75, 3.05) is 0 Å². The van der Waals surface area contributed by atoms with Gasteiger partial charge in [-0.05, 0) is 11.5 Å². The van der Waals surface area contributed by atoms with E-state index < -0.39 is 18.2 Å².